The number of phenolic OH excluding ortho intramolecular Hbond substituents is 1. The third-order valence-corrected chi connectivity index (χ3v) is 3.32. The molecule has 0 aliphatic carbocycles. The predicted octanol–water partition coefficient (Wildman–Crippen LogP) is 2.92. The molecule has 0 amide bonds. The number of hydrogen-bond acceptors (Lipinski definition) is 3. The monoisotopic (exact) mass is 313 g/mol. The molecule has 4 N–H and O–H groups in total. The van der Waals surface area contributed by atoms with Crippen molar-refractivity contribution in [3.05, 3.63) is 71.8 Å². The van der Waals surface area contributed by atoms with Crippen molar-refractivity contribution in [1.29, 1.82) is 0 Å². The Labute approximate surface area is 135 Å². The highest BCUT2D eigenvalue weighted by molar-refractivity contribution is 7.80. The van der Waals surface area contributed by atoms with Crippen molar-refractivity contribution in [2.45, 2.75) is 13.5 Å². The molecule has 0 aliphatic heterocycles. The van der Waals surface area contributed by atoms with Crippen LogP contribution in [0, 0.1) is 0 Å². The van der Waals surface area contributed by atoms with E-state index in [1.54, 1.807) is 12.1 Å². The Morgan fingerprint density at radius 1 is 1.05 bits per heavy atom. The van der Waals surface area contributed by atoms with Crippen molar-refractivity contribution in [1.82, 2.24) is 16.2 Å². The van der Waals surface area contributed by atoms with Crippen LogP contribution in [0.5, 0.6) is 5.75 Å². The van der Waals surface area contributed by atoms with Crippen LogP contribution < -0.4 is 16.2 Å². The molecule has 0 spiro atoms. The molecule has 2 aromatic rings. The Bertz CT molecular complexity index is 639. The Morgan fingerprint density at radius 3 is 2.36 bits per heavy atom. The molecule has 0 atom stereocenters. The van der Waals surface area contributed by atoms with Gasteiger partial charge in [0.15, 0.2) is 5.11 Å². The lowest BCUT2D eigenvalue weighted by Gasteiger charge is -2.15. The zero-order chi connectivity index (χ0) is 15.8. The SMILES string of the molecule is C/C=C(\NNC(=S)NCc1ccccc1)c1ccc(O)cc1. The molecule has 2 aromatic carbocycles. The van der Waals surface area contributed by atoms with Gasteiger partial charge >= 0.3 is 0 Å². The summed E-state index contributed by atoms with van der Waals surface area (Å²) in [7, 11) is 0. The van der Waals surface area contributed by atoms with E-state index in [9.17, 15) is 5.11 Å². The molecule has 114 valence electrons. The number of hydrazine groups is 1. The van der Waals surface area contributed by atoms with Gasteiger partial charge < -0.3 is 10.4 Å². The number of thiocarbonyl (C=S) groups is 1. The number of benzene rings is 2. The van der Waals surface area contributed by atoms with Gasteiger partial charge in [-0.15, -0.1) is 0 Å². The average molecular weight is 313 g/mol. The van der Waals surface area contributed by atoms with Crippen LogP contribution >= 0.6 is 12.2 Å². The molecule has 0 fully saturated rings. The quantitative estimate of drug-likeness (QED) is 0.505. The molecular weight excluding hydrogens is 294 g/mol. The second-order valence-corrected chi connectivity index (χ2v) is 5.08. The maximum Gasteiger partial charge on any atom is 0.185 e. The summed E-state index contributed by atoms with van der Waals surface area (Å²) in [5, 5.41) is 13.0. The summed E-state index contributed by atoms with van der Waals surface area (Å²) < 4.78 is 0. The van der Waals surface area contributed by atoms with E-state index >= 15 is 0 Å². The summed E-state index contributed by atoms with van der Waals surface area (Å²) in [5.41, 5.74) is 9.02. The molecule has 0 bridgehead atoms. The highest BCUT2D eigenvalue weighted by atomic mass is 32.1. The third-order valence-electron chi connectivity index (χ3n) is 3.07. The number of hydrogen-bond donors (Lipinski definition) is 4. The van der Waals surface area contributed by atoms with Crippen LogP contribution in [0.1, 0.15) is 18.1 Å². The molecule has 0 aromatic heterocycles. The van der Waals surface area contributed by atoms with E-state index in [1.807, 2.05) is 55.5 Å². The van der Waals surface area contributed by atoms with E-state index in [0.717, 1.165) is 16.8 Å². The molecule has 0 radical (unpaired) electrons. The Balaban J connectivity index is 1.83. The first-order valence-corrected chi connectivity index (χ1v) is 7.39. The Hall–Kier alpha value is -2.53. The van der Waals surface area contributed by atoms with Gasteiger partial charge in [-0.3, -0.25) is 10.9 Å². The van der Waals surface area contributed by atoms with Crippen LogP contribution in [0.4, 0.5) is 0 Å². The van der Waals surface area contributed by atoms with Gasteiger partial charge in [-0.1, -0.05) is 36.4 Å². The lowest BCUT2D eigenvalue weighted by Crippen LogP contribution is -2.42. The summed E-state index contributed by atoms with van der Waals surface area (Å²) in [6.45, 7) is 2.59. The minimum absolute atomic E-state index is 0.243. The van der Waals surface area contributed by atoms with Gasteiger partial charge in [0.05, 0.1) is 5.70 Å². The van der Waals surface area contributed by atoms with Crippen LogP contribution in [-0.4, -0.2) is 10.2 Å². The van der Waals surface area contributed by atoms with E-state index < -0.39 is 0 Å². The largest absolute Gasteiger partial charge is 0.508 e. The Morgan fingerprint density at radius 2 is 1.73 bits per heavy atom. The maximum atomic E-state index is 9.32. The van der Waals surface area contributed by atoms with Crippen molar-refractivity contribution >= 4 is 23.0 Å². The maximum absolute atomic E-state index is 9.32. The summed E-state index contributed by atoms with van der Waals surface area (Å²) >= 11 is 5.24. The van der Waals surface area contributed by atoms with E-state index in [4.69, 9.17) is 12.2 Å². The molecule has 0 heterocycles. The first-order valence-electron chi connectivity index (χ1n) is 6.98. The molecule has 22 heavy (non-hydrogen) atoms. The predicted molar refractivity (Wildman–Crippen MR) is 93.9 cm³/mol. The van der Waals surface area contributed by atoms with Gasteiger partial charge in [-0.2, -0.15) is 0 Å². The van der Waals surface area contributed by atoms with Crippen molar-refractivity contribution in [2.24, 2.45) is 0 Å². The van der Waals surface area contributed by atoms with E-state index in [0.29, 0.717) is 11.7 Å². The molecular formula is C17H19N3OS. The van der Waals surface area contributed by atoms with Crippen LogP contribution in [-0.2, 0) is 6.54 Å². The van der Waals surface area contributed by atoms with Crippen molar-refractivity contribution < 1.29 is 5.11 Å². The summed E-state index contributed by atoms with van der Waals surface area (Å²) in [4.78, 5) is 0. The minimum Gasteiger partial charge on any atom is -0.508 e. The first kappa shape index (κ1) is 15.9. The van der Waals surface area contributed by atoms with Crippen molar-refractivity contribution in [3.63, 3.8) is 0 Å². The fraction of sp³-hybridized carbons (Fsp3) is 0.118. The van der Waals surface area contributed by atoms with Crippen molar-refractivity contribution in [2.75, 3.05) is 0 Å². The second kappa shape index (κ2) is 8.05. The van der Waals surface area contributed by atoms with Gasteiger partial charge in [0.1, 0.15) is 5.75 Å². The second-order valence-electron chi connectivity index (χ2n) is 4.67. The number of phenols is 1. The smallest absolute Gasteiger partial charge is 0.185 e. The van der Waals surface area contributed by atoms with Crippen LogP contribution in [0.3, 0.4) is 0 Å². The summed E-state index contributed by atoms with van der Waals surface area (Å²) in [6, 6.07) is 17.0. The normalized spacial score (nSPS) is 10.9. The van der Waals surface area contributed by atoms with Gasteiger partial charge in [0, 0.05) is 6.54 Å². The highest BCUT2D eigenvalue weighted by Gasteiger charge is 2.01. The summed E-state index contributed by atoms with van der Waals surface area (Å²) in [5.74, 6) is 0.243. The zero-order valence-electron chi connectivity index (χ0n) is 12.3. The molecule has 0 aliphatic rings. The zero-order valence-corrected chi connectivity index (χ0v) is 13.2. The Kier molecular flexibility index (Phi) is 5.80. The highest BCUT2D eigenvalue weighted by Crippen LogP contribution is 2.15. The molecule has 5 heteroatoms. The fourth-order valence-electron chi connectivity index (χ4n) is 1.90. The lowest BCUT2D eigenvalue weighted by atomic mass is 10.1. The number of aromatic hydroxyl groups is 1. The van der Waals surface area contributed by atoms with Gasteiger partial charge in [-0.05, 0) is 54.5 Å². The standard InChI is InChI=1S/C17H19N3OS/c1-2-16(14-8-10-15(21)11-9-14)19-20-17(22)18-12-13-6-4-3-5-7-13/h2-11,19,21H,12H2,1H3,(H2,18,20,22)/b16-2-. The fourth-order valence-corrected chi connectivity index (χ4v) is 2.02. The van der Waals surface area contributed by atoms with E-state index in [2.05, 4.69) is 16.2 Å². The third kappa shape index (κ3) is 4.79. The number of rotatable bonds is 5. The minimum atomic E-state index is 0.243. The summed E-state index contributed by atoms with van der Waals surface area (Å²) in [6.07, 6.45) is 1.93. The van der Waals surface area contributed by atoms with E-state index in [1.165, 1.54) is 0 Å². The number of allylic oxidation sites excluding steroid dienone is 1. The van der Waals surface area contributed by atoms with Gasteiger partial charge in [0.25, 0.3) is 0 Å². The van der Waals surface area contributed by atoms with Gasteiger partial charge in [-0.25, -0.2) is 0 Å². The molecule has 0 saturated heterocycles. The van der Waals surface area contributed by atoms with Crippen molar-refractivity contribution in [3.8, 4) is 5.75 Å². The lowest BCUT2D eigenvalue weighted by molar-refractivity contribution is 0.475. The van der Waals surface area contributed by atoms with Gasteiger partial charge in [0.2, 0.25) is 0 Å². The molecule has 2 rings (SSSR count). The molecule has 4 nitrogen and oxygen atoms in total. The van der Waals surface area contributed by atoms with Crippen LogP contribution in [0.15, 0.2) is 60.7 Å². The number of nitrogens with one attached hydrogen (secondary N) is 3. The molecule has 0 saturated carbocycles. The first-order chi connectivity index (χ1) is 10.7. The van der Waals surface area contributed by atoms with E-state index in [-0.39, 0.29) is 5.75 Å². The van der Waals surface area contributed by atoms with Crippen LogP contribution in [0.25, 0.3) is 5.70 Å². The molecule has 0 unspecified atom stereocenters. The van der Waals surface area contributed by atoms with Crippen LogP contribution in [0.2, 0.25) is 0 Å². The topological polar surface area (TPSA) is 56.3 Å². The average Bonchev–Trinajstić information content (AvgIpc) is 2.56.